The van der Waals surface area contributed by atoms with Gasteiger partial charge in [-0.3, -0.25) is 10.1 Å². The molecule has 0 bridgehead atoms. The van der Waals surface area contributed by atoms with E-state index in [0.717, 1.165) is 12.8 Å². The third-order valence-electron chi connectivity index (χ3n) is 3.01. The summed E-state index contributed by atoms with van der Waals surface area (Å²) in [7, 11) is 0. The van der Waals surface area contributed by atoms with Crippen LogP contribution in [0.3, 0.4) is 0 Å². The van der Waals surface area contributed by atoms with Gasteiger partial charge < -0.3 is 10.5 Å². The Hall–Kier alpha value is -1.63. The standard InChI is InChI=1S/C10H16N4O3/c1-6-3-4-8(17-6)5-13-10(11)9(14(15)16)7(2)12-13/h6,8H,3-5,11H2,1-2H3. The number of anilines is 1. The van der Waals surface area contributed by atoms with Crippen LogP contribution in [0.1, 0.15) is 25.5 Å². The number of rotatable bonds is 3. The molecule has 0 radical (unpaired) electrons. The van der Waals surface area contributed by atoms with Crippen LogP contribution in [0.2, 0.25) is 0 Å². The first-order chi connectivity index (χ1) is 7.99. The number of hydrogen-bond acceptors (Lipinski definition) is 5. The van der Waals surface area contributed by atoms with E-state index in [1.165, 1.54) is 4.68 Å². The molecule has 7 nitrogen and oxygen atoms in total. The molecule has 2 rings (SSSR count). The van der Waals surface area contributed by atoms with Crippen molar-refractivity contribution in [2.45, 2.75) is 45.4 Å². The van der Waals surface area contributed by atoms with Crippen molar-refractivity contribution in [1.82, 2.24) is 9.78 Å². The molecule has 1 aromatic heterocycles. The molecule has 2 unspecified atom stereocenters. The van der Waals surface area contributed by atoms with Gasteiger partial charge in [-0.2, -0.15) is 5.10 Å². The maximum Gasteiger partial charge on any atom is 0.333 e. The van der Waals surface area contributed by atoms with Crippen LogP contribution in [0.4, 0.5) is 11.5 Å². The van der Waals surface area contributed by atoms with E-state index in [-0.39, 0.29) is 23.7 Å². The van der Waals surface area contributed by atoms with Crippen molar-refractivity contribution >= 4 is 11.5 Å². The van der Waals surface area contributed by atoms with E-state index in [4.69, 9.17) is 10.5 Å². The predicted molar refractivity (Wildman–Crippen MR) is 61.6 cm³/mol. The molecule has 1 saturated heterocycles. The highest BCUT2D eigenvalue weighted by atomic mass is 16.6. The van der Waals surface area contributed by atoms with Crippen LogP contribution in [0.25, 0.3) is 0 Å². The Morgan fingerprint density at radius 2 is 2.35 bits per heavy atom. The number of aryl methyl sites for hydroxylation is 1. The maximum absolute atomic E-state index is 10.8. The largest absolute Gasteiger partial charge is 0.378 e. The average Bonchev–Trinajstić information content (AvgIpc) is 2.73. The van der Waals surface area contributed by atoms with Gasteiger partial charge in [0.1, 0.15) is 5.69 Å². The lowest BCUT2D eigenvalue weighted by atomic mass is 10.2. The highest BCUT2D eigenvalue weighted by Gasteiger charge is 2.27. The zero-order valence-corrected chi connectivity index (χ0v) is 9.92. The Labute approximate surface area is 98.7 Å². The summed E-state index contributed by atoms with van der Waals surface area (Å²) in [5.41, 5.74) is 5.97. The molecule has 94 valence electrons. The Kier molecular flexibility index (Phi) is 3.01. The molecule has 0 spiro atoms. The second-order valence-corrected chi connectivity index (χ2v) is 4.40. The molecule has 2 N–H and O–H groups in total. The van der Waals surface area contributed by atoms with Gasteiger partial charge in [-0.05, 0) is 26.7 Å². The molecular formula is C10H16N4O3. The first kappa shape index (κ1) is 11.8. The van der Waals surface area contributed by atoms with Crippen LogP contribution >= 0.6 is 0 Å². The summed E-state index contributed by atoms with van der Waals surface area (Å²) in [6, 6.07) is 0. The van der Waals surface area contributed by atoms with Gasteiger partial charge >= 0.3 is 5.69 Å². The Balaban J connectivity index is 2.17. The quantitative estimate of drug-likeness (QED) is 0.633. The summed E-state index contributed by atoms with van der Waals surface area (Å²) in [6.45, 7) is 4.08. The zero-order valence-electron chi connectivity index (χ0n) is 9.92. The molecule has 0 aromatic carbocycles. The fourth-order valence-electron chi connectivity index (χ4n) is 2.17. The Bertz CT molecular complexity index is 443. The maximum atomic E-state index is 10.8. The minimum absolute atomic E-state index is 0.0474. The van der Waals surface area contributed by atoms with Crippen molar-refractivity contribution in [3.8, 4) is 0 Å². The van der Waals surface area contributed by atoms with Crippen LogP contribution < -0.4 is 5.73 Å². The topological polar surface area (TPSA) is 96.2 Å². The van der Waals surface area contributed by atoms with Crippen molar-refractivity contribution in [3.63, 3.8) is 0 Å². The fraction of sp³-hybridized carbons (Fsp3) is 0.700. The first-order valence-corrected chi connectivity index (χ1v) is 5.61. The molecule has 1 aliphatic rings. The highest BCUT2D eigenvalue weighted by Crippen LogP contribution is 2.27. The van der Waals surface area contributed by atoms with Crippen LogP contribution in [0.15, 0.2) is 0 Å². The lowest BCUT2D eigenvalue weighted by Gasteiger charge is -2.11. The predicted octanol–water partition coefficient (Wildman–Crippen LogP) is 1.25. The van der Waals surface area contributed by atoms with Crippen LogP contribution in [-0.2, 0) is 11.3 Å². The van der Waals surface area contributed by atoms with Gasteiger partial charge in [0.05, 0.1) is 23.7 Å². The molecule has 0 aliphatic carbocycles. The molecule has 7 heteroatoms. The van der Waals surface area contributed by atoms with Gasteiger partial charge in [-0.15, -0.1) is 0 Å². The lowest BCUT2D eigenvalue weighted by molar-refractivity contribution is -0.384. The van der Waals surface area contributed by atoms with E-state index in [0.29, 0.717) is 12.2 Å². The second kappa shape index (κ2) is 4.33. The summed E-state index contributed by atoms with van der Waals surface area (Å²) in [5.74, 6) is 0.107. The third-order valence-corrected chi connectivity index (χ3v) is 3.01. The Morgan fingerprint density at radius 1 is 1.65 bits per heavy atom. The molecule has 1 fully saturated rings. The molecular weight excluding hydrogens is 224 g/mol. The van der Waals surface area contributed by atoms with E-state index < -0.39 is 4.92 Å². The molecule has 2 atom stereocenters. The number of hydrogen-bond donors (Lipinski definition) is 1. The molecule has 1 aromatic rings. The average molecular weight is 240 g/mol. The number of ether oxygens (including phenoxy) is 1. The first-order valence-electron chi connectivity index (χ1n) is 5.61. The normalized spacial score (nSPS) is 24.1. The van der Waals surface area contributed by atoms with E-state index in [1.54, 1.807) is 6.92 Å². The number of nitrogens with two attached hydrogens (primary N) is 1. The van der Waals surface area contributed by atoms with Gasteiger partial charge in [0, 0.05) is 0 Å². The minimum atomic E-state index is -0.494. The summed E-state index contributed by atoms with van der Waals surface area (Å²) in [4.78, 5) is 10.3. The van der Waals surface area contributed by atoms with E-state index in [2.05, 4.69) is 5.10 Å². The van der Waals surface area contributed by atoms with Crippen molar-refractivity contribution in [2.75, 3.05) is 5.73 Å². The van der Waals surface area contributed by atoms with E-state index in [9.17, 15) is 10.1 Å². The van der Waals surface area contributed by atoms with E-state index >= 15 is 0 Å². The number of nitrogens with zero attached hydrogens (tertiary/aromatic N) is 3. The van der Waals surface area contributed by atoms with Crippen molar-refractivity contribution < 1.29 is 9.66 Å². The Morgan fingerprint density at radius 3 is 2.82 bits per heavy atom. The summed E-state index contributed by atoms with van der Waals surface area (Å²) in [5, 5.41) is 14.9. The fourth-order valence-corrected chi connectivity index (χ4v) is 2.17. The summed E-state index contributed by atoms with van der Waals surface area (Å²) in [6.07, 6.45) is 2.24. The third kappa shape index (κ3) is 2.23. The monoisotopic (exact) mass is 240 g/mol. The molecule has 0 saturated carbocycles. The zero-order chi connectivity index (χ0) is 12.6. The van der Waals surface area contributed by atoms with Crippen molar-refractivity contribution in [2.24, 2.45) is 0 Å². The van der Waals surface area contributed by atoms with Crippen LogP contribution in [0.5, 0.6) is 0 Å². The SMILES string of the molecule is Cc1nn(CC2CCC(C)O2)c(N)c1[N+](=O)[O-]. The lowest BCUT2D eigenvalue weighted by Crippen LogP contribution is -2.18. The molecule has 2 heterocycles. The van der Waals surface area contributed by atoms with E-state index in [1.807, 2.05) is 6.92 Å². The second-order valence-electron chi connectivity index (χ2n) is 4.40. The number of nitro groups is 1. The van der Waals surface area contributed by atoms with Gasteiger partial charge in [0.15, 0.2) is 0 Å². The van der Waals surface area contributed by atoms with Gasteiger partial charge in [0.25, 0.3) is 0 Å². The number of aromatic nitrogens is 2. The van der Waals surface area contributed by atoms with Gasteiger partial charge in [-0.1, -0.05) is 0 Å². The minimum Gasteiger partial charge on any atom is -0.378 e. The van der Waals surface area contributed by atoms with Crippen molar-refractivity contribution in [1.29, 1.82) is 0 Å². The van der Waals surface area contributed by atoms with Gasteiger partial charge in [-0.25, -0.2) is 4.68 Å². The molecule has 17 heavy (non-hydrogen) atoms. The smallest absolute Gasteiger partial charge is 0.333 e. The van der Waals surface area contributed by atoms with Crippen LogP contribution in [-0.4, -0.2) is 26.9 Å². The molecule has 0 amide bonds. The van der Waals surface area contributed by atoms with Crippen LogP contribution in [0, 0.1) is 17.0 Å². The number of nitrogen functional groups attached to an aromatic ring is 1. The summed E-state index contributed by atoms with van der Waals surface area (Å²) < 4.78 is 7.11. The highest BCUT2D eigenvalue weighted by molar-refractivity contribution is 5.55. The van der Waals surface area contributed by atoms with Crippen molar-refractivity contribution in [3.05, 3.63) is 15.8 Å². The van der Waals surface area contributed by atoms with Gasteiger partial charge in [0.2, 0.25) is 5.82 Å². The summed E-state index contributed by atoms with van der Waals surface area (Å²) >= 11 is 0. The molecule has 1 aliphatic heterocycles.